The Morgan fingerprint density at radius 3 is 2.41 bits per heavy atom. The molecule has 2 heterocycles. The highest BCUT2D eigenvalue weighted by Gasteiger charge is 2.40. The molecule has 0 aliphatic carbocycles. The third-order valence-electron chi connectivity index (χ3n) is 5.91. The zero-order valence-corrected chi connectivity index (χ0v) is 19.0. The van der Waals surface area contributed by atoms with Crippen LogP contribution in [0.25, 0.3) is 11.1 Å². The fraction of sp³-hybridized carbons (Fsp3) is 0.400. The molecule has 4 rings (SSSR count). The molecule has 1 saturated heterocycles. The normalized spacial score (nSPS) is 18.4. The van der Waals surface area contributed by atoms with Crippen molar-refractivity contribution in [3.8, 4) is 16.9 Å². The molecular formula is C25H29N3O4. The highest BCUT2D eigenvalue weighted by atomic mass is 16.5. The largest absolute Gasteiger partial charge is 0.497 e. The van der Waals surface area contributed by atoms with Crippen LogP contribution >= 0.6 is 0 Å². The Hall–Kier alpha value is -3.35. The molecule has 2 aromatic carbocycles. The van der Waals surface area contributed by atoms with Gasteiger partial charge in [-0.1, -0.05) is 39.0 Å². The van der Waals surface area contributed by atoms with Gasteiger partial charge in [0, 0.05) is 19.5 Å². The van der Waals surface area contributed by atoms with Crippen molar-refractivity contribution in [2.45, 2.75) is 33.2 Å². The first kappa shape index (κ1) is 21.9. The number of methoxy groups -OCH3 is 1. The molecule has 7 heteroatoms. The predicted molar refractivity (Wildman–Crippen MR) is 123 cm³/mol. The van der Waals surface area contributed by atoms with Crippen molar-refractivity contribution < 1.29 is 19.1 Å². The second-order valence-electron chi connectivity index (χ2n) is 9.57. The molecule has 2 aliphatic heterocycles. The molecule has 168 valence electrons. The summed E-state index contributed by atoms with van der Waals surface area (Å²) in [4.78, 5) is 42.4. The Balaban J connectivity index is 1.59. The summed E-state index contributed by atoms with van der Waals surface area (Å²) in [6, 6.07) is 12.4. The number of rotatable bonds is 3. The van der Waals surface area contributed by atoms with Gasteiger partial charge >= 0.3 is 0 Å². The summed E-state index contributed by atoms with van der Waals surface area (Å²) in [7, 11) is 1.62. The van der Waals surface area contributed by atoms with E-state index in [1.165, 1.54) is 0 Å². The van der Waals surface area contributed by atoms with Crippen molar-refractivity contribution in [1.29, 1.82) is 0 Å². The molecule has 1 unspecified atom stereocenters. The number of amides is 3. The lowest BCUT2D eigenvalue weighted by Gasteiger charge is -2.40. The van der Waals surface area contributed by atoms with E-state index in [4.69, 9.17) is 4.74 Å². The monoisotopic (exact) mass is 435 g/mol. The molecule has 1 atom stereocenters. The van der Waals surface area contributed by atoms with E-state index in [9.17, 15) is 14.4 Å². The van der Waals surface area contributed by atoms with E-state index in [-0.39, 0.29) is 29.7 Å². The van der Waals surface area contributed by atoms with E-state index in [0.29, 0.717) is 30.8 Å². The summed E-state index contributed by atoms with van der Waals surface area (Å²) in [5.41, 5.74) is 2.66. The minimum atomic E-state index is -0.697. The Labute approximate surface area is 188 Å². The maximum absolute atomic E-state index is 13.4. The van der Waals surface area contributed by atoms with Gasteiger partial charge in [-0.3, -0.25) is 14.4 Å². The van der Waals surface area contributed by atoms with Gasteiger partial charge in [0.1, 0.15) is 11.8 Å². The molecule has 32 heavy (non-hydrogen) atoms. The van der Waals surface area contributed by atoms with Crippen LogP contribution in [0.1, 0.15) is 37.6 Å². The van der Waals surface area contributed by atoms with E-state index in [1.807, 2.05) is 57.2 Å². The standard InChI is InChI=1S/C25H29N3O4/c1-25(2,3)14-22(29)27-11-12-28-21(15-27)23(30)26-20-10-7-17(13-19(20)24(28)31)16-5-8-18(32-4)9-6-16/h5-10,13,21H,11-12,14-15H2,1-4H3,(H,26,30). The molecule has 1 N–H and O–H groups in total. The molecule has 2 aliphatic rings. The van der Waals surface area contributed by atoms with Gasteiger partial charge in [0.05, 0.1) is 24.9 Å². The molecule has 0 saturated carbocycles. The van der Waals surface area contributed by atoms with Crippen LogP contribution in [0.4, 0.5) is 5.69 Å². The maximum atomic E-state index is 13.4. The predicted octanol–water partition coefficient (Wildman–Crippen LogP) is 3.40. The third kappa shape index (κ3) is 4.33. The summed E-state index contributed by atoms with van der Waals surface area (Å²) >= 11 is 0. The molecular weight excluding hydrogens is 406 g/mol. The van der Waals surface area contributed by atoms with Crippen molar-refractivity contribution >= 4 is 23.4 Å². The van der Waals surface area contributed by atoms with Crippen LogP contribution in [-0.4, -0.2) is 60.3 Å². The topological polar surface area (TPSA) is 79.0 Å². The van der Waals surface area contributed by atoms with Crippen LogP contribution in [-0.2, 0) is 9.59 Å². The Bertz CT molecular complexity index is 1060. The van der Waals surface area contributed by atoms with Crippen LogP contribution in [0.15, 0.2) is 42.5 Å². The lowest BCUT2D eigenvalue weighted by atomic mass is 9.91. The van der Waals surface area contributed by atoms with Gasteiger partial charge in [-0.2, -0.15) is 0 Å². The number of hydrogen-bond donors (Lipinski definition) is 1. The van der Waals surface area contributed by atoms with Crippen molar-refractivity contribution in [1.82, 2.24) is 9.80 Å². The zero-order valence-electron chi connectivity index (χ0n) is 19.0. The summed E-state index contributed by atoms with van der Waals surface area (Å²) in [5, 5.41) is 2.90. The first-order valence-corrected chi connectivity index (χ1v) is 10.8. The van der Waals surface area contributed by atoms with Crippen molar-refractivity contribution in [2.24, 2.45) is 5.41 Å². The highest BCUT2D eigenvalue weighted by Crippen LogP contribution is 2.31. The Kier molecular flexibility index (Phi) is 5.67. The minimum absolute atomic E-state index is 0.0148. The van der Waals surface area contributed by atoms with Crippen LogP contribution in [0.2, 0.25) is 0 Å². The number of piperazine rings is 1. The first-order valence-electron chi connectivity index (χ1n) is 10.8. The number of nitrogens with zero attached hydrogens (tertiary/aromatic N) is 2. The quantitative estimate of drug-likeness (QED) is 0.802. The highest BCUT2D eigenvalue weighted by molar-refractivity contribution is 6.10. The molecule has 2 aromatic rings. The van der Waals surface area contributed by atoms with E-state index >= 15 is 0 Å². The van der Waals surface area contributed by atoms with Crippen molar-refractivity contribution in [3.63, 3.8) is 0 Å². The van der Waals surface area contributed by atoms with E-state index in [2.05, 4.69) is 5.32 Å². The minimum Gasteiger partial charge on any atom is -0.497 e. The summed E-state index contributed by atoms with van der Waals surface area (Å²) in [6.45, 7) is 7.02. The maximum Gasteiger partial charge on any atom is 0.256 e. The molecule has 1 fully saturated rings. The number of hydrogen-bond acceptors (Lipinski definition) is 4. The third-order valence-corrected chi connectivity index (χ3v) is 5.91. The van der Waals surface area contributed by atoms with Gasteiger partial charge in [0.15, 0.2) is 0 Å². The van der Waals surface area contributed by atoms with Crippen LogP contribution in [0.3, 0.4) is 0 Å². The van der Waals surface area contributed by atoms with Gasteiger partial charge in [-0.05, 0) is 40.8 Å². The van der Waals surface area contributed by atoms with E-state index in [1.54, 1.807) is 23.0 Å². The molecule has 0 radical (unpaired) electrons. The number of nitrogens with one attached hydrogen (secondary N) is 1. The number of ether oxygens (including phenoxy) is 1. The number of anilines is 1. The van der Waals surface area contributed by atoms with Gasteiger partial charge in [0.2, 0.25) is 11.8 Å². The van der Waals surface area contributed by atoms with Crippen LogP contribution < -0.4 is 10.1 Å². The second kappa shape index (κ2) is 8.30. The summed E-state index contributed by atoms with van der Waals surface area (Å²) in [5.74, 6) is 0.318. The molecule has 7 nitrogen and oxygen atoms in total. The smallest absolute Gasteiger partial charge is 0.256 e. The van der Waals surface area contributed by atoms with Gasteiger partial charge in [-0.25, -0.2) is 0 Å². The zero-order chi connectivity index (χ0) is 23.0. The Morgan fingerprint density at radius 1 is 1.06 bits per heavy atom. The van der Waals surface area contributed by atoms with Crippen LogP contribution in [0.5, 0.6) is 5.75 Å². The fourth-order valence-electron chi connectivity index (χ4n) is 4.21. The number of fused-ring (bicyclic) bond motifs is 2. The summed E-state index contributed by atoms with van der Waals surface area (Å²) in [6.07, 6.45) is 0.404. The van der Waals surface area contributed by atoms with Gasteiger partial charge in [-0.15, -0.1) is 0 Å². The van der Waals surface area contributed by atoms with E-state index in [0.717, 1.165) is 16.9 Å². The van der Waals surface area contributed by atoms with Gasteiger partial charge < -0.3 is 19.9 Å². The summed E-state index contributed by atoms with van der Waals surface area (Å²) < 4.78 is 5.22. The SMILES string of the molecule is COc1ccc(-c2ccc3c(c2)C(=O)N2CCN(C(=O)CC(C)(C)C)CC2C(=O)N3)cc1. The van der Waals surface area contributed by atoms with Gasteiger partial charge in [0.25, 0.3) is 5.91 Å². The van der Waals surface area contributed by atoms with E-state index < -0.39 is 6.04 Å². The lowest BCUT2D eigenvalue weighted by Crippen LogP contribution is -2.59. The van der Waals surface area contributed by atoms with Crippen molar-refractivity contribution in [3.05, 3.63) is 48.0 Å². The number of benzene rings is 2. The first-order chi connectivity index (χ1) is 15.2. The molecule has 0 spiro atoms. The molecule has 0 aromatic heterocycles. The fourth-order valence-corrected chi connectivity index (χ4v) is 4.21. The second-order valence-corrected chi connectivity index (χ2v) is 9.57. The molecule has 3 amide bonds. The van der Waals surface area contributed by atoms with Crippen molar-refractivity contribution in [2.75, 3.05) is 32.1 Å². The molecule has 0 bridgehead atoms. The number of carbonyl (C=O) groups is 3. The average molecular weight is 436 g/mol. The lowest BCUT2D eigenvalue weighted by molar-refractivity contribution is -0.137. The number of carbonyl (C=O) groups excluding carboxylic acids is 3. The average Bonchev–Trinajstić information content (AvgIpc) is 2.87. The van der Waals surface area contributed by atoms with Crippen LogP contribution in [0, 0.1) is 5.41 Å². The Morgan fingerprint density at radius 2 is 1.75 bits per heavy atom.